The predicted molar refractivity (Wildman–Crippen MR) is 60.3 cm³/mol. The quantitative estimate of drug-likeness (QED) is 0.715. The smallest absolute Gasteiger partial charge is 0.242 e. The summed E-state index contributed by atoms with van der Waals surface area (Å²) >= 11 is 0. The first-order chi connectivity index (χ1) is 6.88. The molecule has 2 N–H and O–H groups in total. The van der Waals surface area contributed by atoms with Crippen molar-refractivity contribution in [1.82, 2.24) is 10.6 Å². The summed E-state index contributed by atoms with van der Waals surface area (Å²) in [5.41, 5.74) is 0. The largest absolute Gasteiger partial charge is 0.357 e. The monoisotopic (exact) mass is 214 g/mol. The van der Waals surface area contributed by atoms with Crippen molar-refractivity contribution in [3.8, 4) is 0 Å². The van der Waals surface area contributed by atoms with E-state index in [-0.39, 0.29) is 17.7 Å². The van der Waals surface area contributed by atoms with E-state index in [0.717, 1.165) is 0 Å². The molecule has 0 heterocycles. The topological polar surface area (TPSA) is 58.2 Å². The van der Waals surface area contributed by atoms with E-state index in [1.165, 1.54) is 0 Å². The van der Waals surface area contributed by atoms with E-state index in [1.54, 1.807) is 7.05 Å². The average molecular weight is 214 g/mol. The van der Waals surface area contributed by atoms with Gasteiger partial charge in [0.05, 0.1) is 0 Å². The van der Waals surface area contributed by atoms with Gasteiger partial charge in [-0.2, -0.15) is 0 Å². The number of carbonyl (C=O) groups is 2. The van der Waals surface area contributed by atoms with E-state index in [9.17, 15) is 9.59 Å². The minimum atomic E-state index is -0.429. The molecule has 0 rings (SSSR count). The molecule has 0 aliphatic carbocycles. The van der Waals surface area contributed by atoms with Crippen LogP contribution in [0.3, 0.4) is 0 Å². The maximum Gasteiger partial charge on any atom is 0.242 e. The summed E-state index contributed by atoms with van der Waals surface area (Å²) < 4.78 is 0. The molecular formula is C11H22N2O2. The first kappa shape index (κ1) is 13.9. The standard InChI is InChI=1S/C11H22N2O2/c1-7(2)6-9(14)13-10(8(3)4)11(15)12-5/h7-8,10H,6H2,1-5H3,(H,12,15)(H,13,14). The van der Waals surface area contributed by atoms with Crippen LogP contribution in [0.1, 0.15) is 34.1 Å². The van der Waals surface area contributed by atoms with Crippen molar-refractivity contribution in [1.29, 1.82) is 0 Å². The van der Waals surface area contributed by atoms with Crippen molar-refractivity contribution >= 4 is 11.8 Å². The van der Waals surface area contributed by atoms with Crippen LogP contribution in [0.4, 0.5) is 0 Å². The molecule has 88 valence electrons. The molecule has 0 aromatic rings. The van der Waals surface area contributed by atoms with Gasteiger partial charge < -0.3 is 10.6 Å². The fourth-order valence-electron chi connectivity index (χ4n) is 1.29. The Balaban J connectivity index is 4.29. The Kier molecular flexibility index (Phi) is 5.97. The lowest BCUT2D eigenvalue weighted by Crippen LogP contribution is -2.48. The fourth-order valence-corrected chi connectivity index (χ4v) is 1.29. The number of hydrogen-bond donors (Lipinski definition) is 2. The van der Waals surface area contributed by atoms with Gasteiger partial charge in [0.2, 0.25) is 11.8 Å². The van der Waals surface area contributed by atoms with E-state index in [2.05, 4.69) is 10.6 Å². The summed E-state index contributed by atoms with van der Waals surface area (Å²) in [5.74, 6) is 0.206. The van der Waals surface area contributed by atoms with Gasteiger partial charge in [-0.15, -0.1) is 0 Å². The Morgan fingerprint density at radius 1 is 1.13 bits per heavy atom. The highest BCUT2D eigenvalue weighted by Gasteiger charge is 2.22. The van der Waals surface area contributed by atoms with E-state index in [4.69, 9.17) is 0 Å². The number of rotatable bonds is 5. The molecule has 0 aromatic heterocycles. The second-order valence-electron chi connectivity index (χ2n) is 4.50. The van der Waals surface area contributed by atoms with E-state index in [1.807, 2.05) is 27.7 Å². The molecule has 2 amide bonds. The molecular weight excluding hydrogens is 192 g/mol. The van der Waals surface area contributed by atoms with Gasteiger partial charge >= 0.3 is 0 Å². The molecule has 0 saturated heterocycles. The summed E-state index contributed by atoms with van der Waals surface area (Å²) in [5, 5.41) is 5.30. The highest BCUT2D eigenvalue weighted by atomic mass is 16.2. The van der Waals surface area contributed by atoms with Crippen molar-refractivity contribution in [3.05, 3.63) is 0 Å². The van der Waals surface area contributed by atoms with E-state index >= 15 is 0 Å². The number of hydrogen-bond acceptors (Lipinski definition) is 2. The number of likely N-dealkylation sites (N-methyl/N-ethyl adjacent to an activating group) is 1. The summed E-state index contributed by atoms with van der Waals surface area (Å²) in [6.45, 7) is 7.78. The molecule has 0 aliphatic heterocycles. The third-order valence-electron chi connectivity index (χ3n) is 2.11. The van der Waals surface area contributed by atoms with Crippen molar-refractivity contribution in [2.24, 2.45) is 11.8 Å². The van der Waals surface area contributed by atoms with Crippen LogP contribution in [-0.2, 0) is 9.59 Å². The number of nitrogens with one attached hydrogen (secondary N) is 2. The molecule has 0 bridgehead atoms. The first-order valence-electron chi connectivity index (χ1n) is 5.39. The van der Waals surface area contributed by atoms with Gasteiger partial charge in [0.25, 0.3) is 0 Å². The Bertz CT molecular complexity index is 225. The summed E-state index contributed by atoms with van der Waals surface area (Å²) in [6, 6.07) is -0.429. The van der Waals surface area contributed by atoms with Gasteiger partial charge in [0, 0.05) is 13.5 Å². The van der Waals surface area contributed by atoms with Crippen LogP contribution >= 0.6 is 0 Å². The summed E-state index contributed by atoms with van der Waals surface area (Å²) in [4.78, 5) is 22.9. The minimum absolute atomic E-state index is 0.0627. The fraction of sp³-hybridized carbons (Fsp3) is 0.818. The SMILES string of the molecule is CNC(=O)C(NC(=O)CC(C)C)C(C)C. The summed E-state index contributed by atoms with van der Waals surface area (Å²) in [6.07, 6.45) is 0.459. The zero-order valence-electron chi connectivity index (χ0n) is 10.3. The lowest BCUT2D eigenvalue weighted by molar-refractivity contribution is -0.130. The maximum absolute atomic E-state index is 11.5. The third-order valence-corrected chi connectivity index (χ3v) is 2.11. The third kappa shape index (κ3) is 5.40. The average Bonchev–Trinajstić information content (AvgIpc) is 2.11. The zero-order chi connectivity index (χ0) is 12.0. The zero-order valence-corrected chi connectivity index (χ0v) is 10.3. The Hall–Kier alpha value is -1.06. The lowest BCUT2D eigenvalue weighted by atomic mass is 10.0. The summed E-state index contributed by atoms with van der Waals surface area (Å²) in [7, 11) is 1.58. The molecule has 4 heteroatoms. The van der Waals surface area contributed by atoms with Crippen LogP contribution in [-0.4, -0.2) is 24.9 Å². The van der Waals surface area contributed by atoms with Crippen molar-refractivity contribution in [2.45, 2.75) is 40.2 Å². The van der Waals surface area contributed by atoms with Crippen LogP contribution in [0.25, 0.3) is 0 Å². The van der Waals surface area contributed by atoms with Crippen LogP contribution in [0.15, 0.2) is 0 Å². The van der Waals surface area contributed by atoms with Gasteiger partial charge in [-0.05, 0) is 11.8 Å². The van der Waals surface area contributed by atoms with Gasteiger partial charge in [0.1, 0.15) is 6.04 Å². The van der Waals surface area contributed by atoms with Gasteiger partial charge in [-0.3, -0.25) is 9.59 Å². The second-order valence-corrected chi connectivity index (χ2v) is 4.50. The molecule has 0 aliphatic rings. The first-order valence-corrected chi connectivity index (χ1v) is 5.39. The van der Waals surface area contributed by atoms with Crippen molar-refractivity contribution in [2.75, 3.05) is 7.05 Å². The molecule has 4 nitrogen and oxygen atoms in total. The Morgan fingerprint density at radius 3 is 2.00 bits per heavy atom. The molecule has 0 saturated carbocycles. The predicted octanol–water partition coefficient (Wildman–Crippen LogP) is 0.919. The second kappa shape index (κ2) is 6.43. The van der Waals surface area contributed by atoms with E-state index in [0.29, 0.717) is 12.3 Å². The molecule has 0 radical (unpaired) electrons. The van der Waals surface area contributed by atoms with Gasteiger partial charge in [-0.1, -0.05) is 27.7 Å². The van der Waals surface area contributed by atoms with Crippen molar-refractivity contribution in [3.63, 3.8) is 0 Å². The lowest BCUT2D eigenvalue weighted by Gasteiger charge is -2.21. The Labute approximate surface area is 91.8 Å². The molecule has 0 fully saturated rings. The van der Waals surface area contributed by atoms with Crippen LogP contribution in [0, 0.1) is 11.8 Å². The maximum atomic E-state index is 11.5. The van der Waals surface area contributed by atoms with Crippen LogP contribution in [0.2, 0.25) is 0 Å². The molecule has 0 aromatic carbocycles. The van der Waals surface area contributed by atoms with E-state index < -0.39 is 6.04 Å². The Morgan fingerprint density at radius 2 is 1.67 bits per heavy atom. The normalized spacial score (nSPS) is 12.7. The highest BCUT2D eigenvalue weighted by Crippen LogP contribution is 2.04. The molecule has 15 heavy (non-hydrogen) atoms. The number of carbonyl (C=O) groups excluding carboxylic acids is 2. The van der Waals surface area contributed by atoms with Gasteiger partial charge in [0.15, 0.2) is 0 Å². The van der Waals surface area contributed by atoms with Crippen molar-refractivity contribution < 1.29 is 9.59 Å². The van der Waals surface area contributed by atoms with Gasteiger partial charge in [-0.25, -0.2) is 0 Å². The molecule has 0 spiro atoms. The highest BCUT2D eigenvalue weighted by molar-refractivity contribution is 5.87. The molecule has 1 unspecified atom stereocenters. The molecule has 1 atom stereocenters. The minimum Gasteiger partial charge on any atom is -0.357 e. The number of amides is 2. The van der Waals surface area contributed by atoms with Crippen LogP contribution < -0.4 is 10.6 Å². The van der Waals surface area contributed by atoms with Crippen LogP contribution in [0.5, 0.6) is 0 Å².